The second-order valence-electron chi connectivity index (χ2n) is 4.99. The number of carbonyl (C=O) groups excluding carboxylic acids is 1. The molecular weight excluding hydrogens is 264 g/mol. The van der Waals surface area contributed by atoms with Crippen molar-refractivity contribution in [2.75, 3.05) is 13.1 Å². The van der Waals surface area contributed by atoms with Gasteiger partial charge in [0.05, 0.1) is 4.92 Å². The third kappa shape index (κ3) is 2.55. The van der Waals surface area contributed by atoms with E-state index in [2.05, 4.69) is 0 Å². The zero-order valence-electron chi connectivity index (χ0n) is 11.1. The van der Waals surface area contributed by atoms with Crippen molar-refractivity contribution in [2.45, 2.75) is 25.4 Å². The van der Waals surface area contributed by atoms with Crippen LogP contribution in [0.3, 0.4) is 0 Å². The number of nitro benzene ring substituents is 1. The van der Waals surface area contributed by atoms with Crippen molar-refractivity contribution in [3.63, 3.8) is 0 Å². The van der Waals surface area contributed by atoms with E-state index < -0.39 is 10.5 Å². The highest BCUT2D eigenvalue weighted by molar-refractivity contribution is 5.89. The van der Waals surface area contributed by atoms with Crippen molar-refractivity contribution in [2.24, 2.45) is 0 Å². The van der Waals surface area contributed by atoms with Gasteiger partial charge in [-0.3, -0.25) is 14.9 Å². The van der Waals surface area contributed by atoms with Gasteiger partial charge in [-0.1, -0.05) is 0 Å². The van der Waals surface area contributed by atoms with Crippen LogP contribution >= 0.6 is 0 Å². The van der Waals surface area contributed by atoms with Crippen molar-refractivity contribution in [3.05, 3.63) is 39.4 Å². The molecule has 1 saturated heterocycles. The summed E-state index contributed by atoms with van der Waals surface area (Å²) >= 11 is 0. The number of aliphatic hydroxyl groups is 1. The van der Waals surface area contributed by atoms with Crippen LogP contribution in [0.5, 0.6) is 0 Å². The van der Waals surface area contributed by atoms with Gasteiger partial charge in [-0.2, -0.15) is 5.06 Å². The maximum absolute atomic E-state index is 12.1. The molecule has 0 aromatic heterocycles. The van der Waals surface area contributed by atoms with Gasteiger partial charge in [0.2, 0.25) is 0 Å². The molecule has 1 aromatic carbocycles. The number of carbonyl (C=O) groups is 1. The number of nitrogens with zero attached hydrogens (tertiary/aromatic N) is 2. The molecule has 7 heteroatoms. The number of aryl methyl sites for hydroxylation is 1. The molecule has 1 aliphatic rings. The number of hydrogen-bond donors (Lipinski definition) is 2. The fourth-order valence-electron chi connectivity index (χ4n) is 2.49. The first kappa shape index (κ1) is 14.6. The highest BCUT2D eigenvalue weighted by Crippen LogP contribution is 2.33. The largest absolute Gasteiger partial charge is 0.377 e. The molecule has 1 unspecified atom stereocenters. The minimum absolute atomic E-state index is 0.0312. The Hall–Kier alpha value is -1.83. The topological polar surface area (TPSA) is 104 Å². The molecule has 2 N–H and O–H groups in total. The molecule has 108 valence electrons. The van der Waals surface area contributed by atoms with Crippen LogP contribution in [0.15, 0.2) is 18.2 Å². The van der Waals surface area contributed by atoms with Crippen LogP contribution in [0.25, 0.3) is 0 Å². The molecule has 7 nitrogen and oxygen atoms in total. The highest BCUT2D eigenvalue weighted by Gasteiger charge is 2.40. The van der Waals surface area contributed by atoms with Crippen molar-refractivity contribution in [1.29, 1.82) is 0 Å². The Labute approximate surface area is 115 Å². The minimum Gasteiger partial charge on any atom is -0.377 e. The lowest BCUT2D eigenvalue weighted by molar-refractivity contribution is -0.384. The lowest BCUT2D eigenvalue weighted by Gasteiger charge is -2.27. The zero-order chi connectivity index (χ0) is 14.9. The van der Waals surface area contributed by atoms with Gasteiger partial charge in [0.25, 0.3) is 5.69 Å². The Morgan fingerprint density at radius 1 is 1.40 bits per heavy atom. The Morgan fingerprint density at radius 3 is 2.70 bits per heavy atom. The van der Waals surface area contributed by atoms with Crippen LogP contribution in [0.2, 0.25) is 0 Å². The summed E-state index contributed by atoms with van der Waals surface area (Å²) in [6, 6.07) is 4.02. The first-order valence-corrected chi connectivity index (χ1v) is 6.29. The van der Waals surface area contributed by atoms with Crippen LogP contribution in [0, 0.1) is 17.0 Å². The quantitative estimate of drug-likeness (QED) is 0.622. The fraction of sp³-hybridized carbons (Fsp3) is 0.462. The van der Waals surface area contributed by atoms with Gasteiger partial charge in [0, 0.05) is 38.1 Å². The number of non-ortho nitro benzene ring substituents is 1. The number of benzene rings is 1. The Balaban J connectivity index is 2.42. The zero-order valence-corrected chi connectivity index (χ0v) is 11.1. The molecule has 0 spiro atoms. The predicted octanol–water partition coefficient (Wildman–Crippen LogP) is 1.14. The highest BCUT2D eigenvalue weighted by atomic mass is 16.6. The van der Waals surface area contributed by atoms with Crippen LogP contribution in [-0.4, -0.2) is 39.2 Å². The normalized spacial score (nSPS) is 24.4. The average molecular weight is 280 g/mol. The molecule has 1 aromatic rings. The molecule has 1 atom stereocenters. The van der Waals surface area contributed by atoms with Gasteiger partial charge in [-0.05, 0) is 24.1 Å². The van der Waals surface area contributed by atoms with Crippen LogP contribution in [-0.2, 0) is 10.4 Å². The number of ketones is 1. The van der Waals surface area contributed by atoms with E-state index in [1.54, 1.807) is 6.92 Å². The Morgan fingerprint density at radius 2 is 2.10 bits per heavy atom. The van der Waals surface area contributed by atoms with Gasteiger partial charge in [-0.25, -0.2) is 0 Å². The monoisotopic (exact) mass is 280 g/mol. The van der Waals surface area contributed by atoms with E-state index in [9.17, 15) is 25.2 Å². The number of Topliss-reactive ketones (excluding diaryl/α,β-unsaturated/α-hetero) is 1. The predicted molar refractivity (Wildman–Crippen MR) is 69.3 cm³/mol. The minimum atomic E-state index is -1.70. The average Bonchev–Trinajstić information content (AvgIpc) is 2.53. The molecule has 0 radical (unpaired) electrons. The van der Waals surface area contributed by atoms with Crippen LogP contribution in [0.1, 0.15) is 24.0 Å². The SMILES string of the molecule is Cc1cc([N+](=O)[O-])ccc1C1(O)CCN(O)CCC1=O. The summed E-state index contributed by atoms with van der Waals surface area (Å²) in [4.78, 5) is 22.3. The summed E-state index contributed by atoms with van der Waals surface area (Å²) in [6.45, 7) is 1.96. The maximum atomic E-state index is 12.1. The molecule has 0 bridgehead atoms. The molecule has 1 aliphatic heterocycles. The standard InChI is InChI=1S/C13H16N2O5/c1-9-8-10(15(19)20)2-3-11(9)13(17)5-7-14(18)6-4-12(13)16/h2-3,8,17-18H,4-7H2,1H3. The molecule has 0 saturated carbocycles. The summed E-state index contributed by atoms with van der Waals surface area (Å²) in [5.41, 5.74) is -0.930. The number of hydroxylamine groups is 2. The van der Waals surface area contributed by atoms with Gasteiger partial charge in [0.15, 0.2) is 5.78 Å². The van der Waals surface area contributed by atoms with Gasteiger partial charge < -0.3 is 10.3 Å². The van der Waals surface area contributed by atoms with E-state index in [1.165, 1.54) is 18.2 Å². The molecule has 0 aliphatic carbocycles. The van der Waals surface area contributed by atoms with Crippen molar-refractivity contribution in [3.8, 4) is 0 Å². The summed E-state index contributed by atoms with van der Waals surface area (Å²) in [5, 5.41) is 31.8. The van der Waals surface area contributed by atoms with E-state index in [1.807, 2.05) is 0 Å². The number of rotatable bonds is 2. The van der Waals surface area contributed by atoms with E-state index in [0.29, 0.717) is 11.1 Å². The second-order valence-corrected chi connectivity index (χ2v) is 4.99. The Kier molecular flexibility index (Phi) is 3.85. The van der Waals surface area contributed by atoms with Crippen LogP contribution < -0.4 is 0 Å². The van der Waals surface area contributed by atoms with E-state index in [4.69, 9.17) is 0 Å². The lowest BCUT2D eigenvalue weighted by atomic mass is 9.83. The third-order valence-corrected chi connectivity index (χ3v) is 3.66. The summed E-state index contributed by atoms with van der Waals surface area (Å²) in [7, 11) is 0. The fourth-order valence-corrected chi connectivity index (χ4v) is 2.49. The lowest BCUT2D eigenvalue weighted by Crippen LogP contribution is -2.36. The van der Waals surface area contributed by atoms with Gasteiger partial charge in [-0.15, -0.1) is 0 Å². The van der Waals surface area contributed by atoms with Crippen molar-refractivity contribution < 1.29 is 20.0 Å². The molecule has 2 rings (SSSR count). The molecule has 20 heavy (non-hydrogen) atoms. The van der Waals surface area contributed by atoms with Crippen LogP contribution in [0.4, 0.5) is 5.69 Å². The Bertz CT molecular complexity index is 560. The van der Waals surface area contributed by atoms with E-state index in [0.717, 1.165) is 5.06 Å². The number of nitro groups is 1. The second kappa shape index (κ2) is 5.28. The van der Waals surface area contributed by atoms with E-state index >= 15 is 0 Å². The first-order valence-electron chi connectivity index (χ1n) is 6.29. The first-order chi connectivity index (χ1) is 9.34. The smallest absolute Gasteiger partial charge is 0.269 e. The summed E-state index contributed by atoms with van der Waals surface area (Å²) in [6.07, 6.45) is 0.0877. The van der Waals surface area contributed by atoms with Crippen molar-refractivity contribution >= 4 is 11.5 Å². The molecular formula is C13H16N2O5. The molecule has 0 amide bonds. The molecule has 1 fully saturated rings. The number of hydrogen-bond acceptors (Lipinski definition) is 6. The van der Waals surface area contributed by atoms with E-state index in [-0.39, 0.29) is 37.4 Å². The summed E-state index contributed by atoms with van der Waals surface area (Å²) in [5.74, 6) is -0.383. The van der Waals surface area contributed by atoms with Crippen molar-refractivity contribution in [1.82, 2.24) is 5.06 Å². The maximum Gasteiger partial charge on any atom is 0.269 e. The van der Waals surface area contributed by atoms with Gasteiger partial charge >= 0.3 is 0 Å². The third-order valence-electron chi connectivity index (χ3n) is 3.66. The summed E-state index contributed by atoms with van der Waals surface area (Å²) < 4.78 is 0. The van der Waals surface area contributed by atoms with Gasteiger partial charge in [0.1, 0.15) is 5.60 Å². The molecule has 1 heterocycles.